The fraction of sp³-hybridized carbons (Fsp3) is 0. The number of halogens is 1. The number of hydrogen-bond donors (Lipinski definition) is 0. The topological polar surface area (TPSA) is 0 Å². The third kappa shape index (κ3) is 154. The SMILES string of the molecule is [C+]C(=C)Cl. The van der Waals surface area contributed by atoms with Crippen LogP contribution in [0.5, 0.6) is 0 Å². The van der Waals surface area contributed by atoms with Crippen molar-refractivity contribution in [1.29, 1.82) is 0 Å². The van der Waals surface area contributed by atoms with Crippen LogP contribution in [0.3, 0.4) is 0 Å². The van der Waals surface area contributed by atoms with E-state index in [0.29, 0.717) is 0 Å². The van der Waals surface area contributed by atoms with Gasteiger partial charge in [0.25, 0.3) is 0 Å². The molecule has 0 aromatic heterocycles. The van der Waals surface area contributed by atoms with E-state index >= 15 is 0 Å². The van der Waals surface area contributed by atoms with Gasteiger partial charge >= 0.3 is 6.92 Å². The van der Waals surface area contributed by atoms with Gasteiger partial charge in [0, 0.05) is 0 Å². The average Bonchev–Trinajstić information content (AvgIpc) is 0.811. The van der Waals surface area contributed by atoms with Crippen LogP contribution >= 0.6 is 11.6 Å². The van der Waals surface area contributed by atoms with Crippen molar-refractivity contribution in [2.24, 2.45) is 0 Å². The smallest absolute Gasteiger partial charge is 0.0325 e. The first-order valence-corrected chi connectivity index (χ1v) is 1.17. The second-order valence-electron chi connectivity index (χ2n) is 0.405. The van der Waals surface area contributed by atoms with E-state index in [9.17, 15) is 0 Å². The van der Waals surface area contributed by atoms with Crippen LogP contribution in [0.2, 0.25) is 0 Å². The van der Waals surface area contributed by atoms with Crippen LogP contribution in [-0.4, -0.2) is 0 Å². The predicted molar refractivity (Wildman–Crippen MR) is 18.2 cm³/mol. The van der Waals surface area contributed by atoms with Gasteiger partial charge in [-0.3, -0.25) is 0 Å². The standard InChI is InChI=1S/C3H2Cl/c1-3(2)4/h1H2/q+1. The maximum Gasteiger partial charge on any atom is 0.351 e. The van der Waals surface area contributed by atoms with Crippen LogP contribution in [0.4, 0.5) is 0 Å². The molecule has 2 radical (unpaired) electrons. The van der Waals surface area contributed by atoms with Crippen molar-refractivity contribution in [3.8, 4) is 0 Å². The highest BCUT2D eigenvalue weighted by atomic mass is 35.5. The number of hydrogen-bond acceptors (Lipinski definition) is 0. The Bertz CT molecular complexity index is 26.3. The van der Waals surface area contributed by atoms with Gasteiger partial charge < -0.3 is 0 Å². The van der Waals surface area contributed by atoms with Crippen LogP contribution < -0.4 is 0 Å². The van der Waals surface area contributed by atoms with Crippen LogP contribution in [0.25, 0.3) is 0 Å². The van der Waals surface area contributed by atoms with Crippen LogP contribution in [0, 0.1) is 6.92 Å². The quantitative estimate of drug-likeness (QED) is 0.380. The van der Waals surface area contributed by atoms with E-state index in [4.69, 9.17) is 18.5 Å². The van der Waals surface area contributed by atoms with Crippen LogP contribution in [-0.2, 0) is 0 Å². The lowest BCUT2D eigenvalue weighted by atomic mass is 10.8. The Hall–Kier alpha value is -0.100. The van der Waals surface area contributed by atoms with Crippen molar-refractivity contribution in [1.82, 2.24) is 0 Å². The summed E-state index contributed by atoms with van der Waals surface area (Å²) in [6, 6.07) is 0. The maximum absolute atomic E-state index is 6.15. The molecule has 4 heavy (non-hydrogen) atoms. The third-order valence-electron chi connectivity index (χ3n) is 0. The van der Waals surface area contributed by atoms with E-state index in [2.05, 4.69) is 6.58 Å². The second kappa shape index (κ2) is 1.24. The summed E-state index contributed by atoms with van der Waals surface area (Å²) in [7, 11) is 0. The minimum Gasteiger partial charge on any atom is -0.0325 e. The van der Waals surface area contributed by atoms with Crippen molar-refractivity contribution < 1.29 is 0 Å². The highest BCUT2D eigenvalue weighted by Crippen LogP contribution is 1.86. The normalized spacial score (nSPS) is 6.25. The molecule has 0 amide bonds. The summed E-state index contributed by atoms with van der Waals surface area (Å²) in [4.78, 5) is 0. The zero-order chi connectivity index (χ0) is 3.58. The first-order chi connectivity index (χ1) is 1.73. The van der Waals surface area contributed by atoms with Gasteiger partial charge in [0.1, 0.15) is 0 Å². The molecule has 0 N–H and O–H groups in total. The van der Waals surface area contributed by atoms with Crippen molar-refractivity contribution in [2.75, 3.05) is 0 Å². The van der Waals surface area contributed by atoms with Gasteiger partial charge in [-0.1, -0.05) is 0 Å². The van der Waals surface area contributed by atoms with Gasteiger partial charge in [-0.25, -0.2) is 0 Å². The molecule has 0 aromatic rings. The summed E-state index contributed by atoms with van der Waals surface area (Å²) in [5.41, 5.74) is 0. The zero-order valence-corrected chi connectivity index (χ0v) is 2.84. The second-order valence-corrected chi connectivity index (χ2v) is 0.861. The summed E-state index contributed by atoms with van der Waals surface area (Å²) in [5, 5.41) is -0.111. The molecule has 1 heteroatoms. The molecule has 0 rings (SSSR count). The lowest BCUT2D eigenvalue weighted by Crippen LogP contribution is -1.36. The summed E-state index contributed by atoms with van der Waals surface area (Å²) in [6.45, 7) is 9.14. The molecular formula is C3H2Cl+. The zero-order valence-electron chi connectivity index (χ0n) is 2.09. The molecule has 0 aliphatic heterocycles. The molecule has 0 nitrogen and oxygen atoms in total. The Morgan fingerprint density at radius 2 is 2.00 bits per heavy atom. The van der Waals surface area contributed by atoms with E-state index in [0.717, 1.165) is 0 Å². The van der Waals surface area contributed by atoms with E-state index in [-0.39, 0.29) is 5.03 Å². The Kier molecular flexibility index (Phi) is 1.21. The molecule has 0 fully saturated rings. The van der Waals surface area contributed by atoms with Crippen molar-refractivity contribution >= 4 is 11.6 Å². The summed E-state index contributed by atoms with van der Waals surface area (Å²) in [5.74, 6) is 0. The first-order valence-electron chi connectivity index (χ1n) is 0.793. The lowest BCUT2D eigenvalue weighted by molar-refractivity contribution is 2.06. The highest BCUT2D eigenvalue weighted by Gasteiger charge is 1.79. The monoisotopic (exact) mass is 73.0 g/mol. The minimum absolute atomic E-state index is 0.111. The molecule has 0 spiro atoms. The van der Waals surface area contributed by atoms with E-state index in [1.165, 1.54) is 0 Å². The lowest BCUT2D eigenvalue weighted by Gasteiger charge is -1.40. The molecule has 0 unspecified atom stereocenters. The maximum atomic E-state index is 6.15. The summed E-state index contributed by atoms with van der Waals surface area (Å²) >= 11 is 4.75. The highest BCUT2D eigenvalue weighted by molar-refractivity contribution is 6.29. The van der Waals surface area contributed by atoms with Crippen molar-refractivity contribution in [2.45, 2.75) is 0 Å². The number of rotatable bonds is 0. The van der Waals surface area contributed by atoms with Crippen molar-refractivity contribution in [3.63, 3.8) is 0 Å². The number of allylic oxidation sites excluding steroid dienone is 1. The van der Waals surface area contributed by atoms with Gasteiger partial charge in [0.05, 0.1) is 6.58 Å². The van der Waals surface area contributed by atoms with E-state index < -0.39 is 0 Å². The van der Waals surface area contributed by atoms with Gasteiger partial charge in [-0.2, -0.15) is 0 Å². The van der Waals surface area contributed by atoms with E-state index in [1.54, 1.807) is 0 Å². The van der Waals surface area contributed by atoms with Gasteiger partial charge in [-0.15, -0.1) is 0 Å². The molecule has 0 bridgehead atoms. The molecule has 0 heterocycles. The molecule has 0 aromatic carbocycles. The van der Waals surface area contributed by atoms with Crippen LogP contribution in [0.1, 0.15) is 0 Å². The van der Waals surface area contributed by atoms with E-state index in [1.807, 2.05) is 0 Å². The van der Waals surface area contributed by atoms with Gasteiger partial charge in [0.15, 0.2) is 0 Å². The summed E-state index contributed by atoms with van der Waals surface area (Å²) < 4.78 is 0. The fourth-order valence-corrected chi connectivity index (χ4v) is 0. The first kappa shape index (κ1) is 3.90. The molecule has 0 saturated carbocycles. The van der Waals surface area contributed by atoms with Gasteiger partial charge in [0.2, 0.25) is 5.03 Å². The average molecular weight is 73.5 g/mol. The largest absolute Gasteiger partial charge is 0.351 e. The Balaban J connectivity index is 2.80. The molecule has 20 valence electrons. The molecule has 0 atom stereocenters. The Morgan fingerprint density at radius 3 is 2.00 bits per heavy atom. The van der Waals surface area contributed by atoms with Gasteiger partial charge in [-0.05, 0) is 11.6 Å². The molecule has 0 aliphatic carbocycles. The molecule has 0 aliphatic rings. The predicted octanol–water partition coefficient (Wildman–Crippen LogP) is 1.33. The summed E-state index contributed by atoms with van der Waals surface area (Å²) in [6.07, 6.45) is 0. The van der Waals surface area contributed by atoms with Crippen molar-refractivity contribution in [3.05, 3.63) is 18.5 Å². The Labute approximate surface area is 31.1 Å². The fourth-order valence-electron chi connectivity index (χ4n) is 0. The Morgan fingerprint density at radius 1 is 2.00 bits per heavy atom. The third-order valence-corrected chi connectivity index (χ3v) is 0. The molecular weight excluding hydrogens is 71.5 g/mol. The molecule has 0 saturated heterocycles. The van der Waals surface area contributed by atoms with Crippen LogP contribution in [0.15, 0.2) is 11.6 Å². The minimum atomic E-state index is -0.111.